The Morgan fingerprint density at radius 2 is 2.06 bits per heavy atom. The molecule has 108 valence electrons. The lowest BCUT2D eigenvalue weighted by atomic mass is 10.2. The van der Waals surface area contributed by atoms with Crippen LogP contribution < -0.4 is 5.32 Å². The minimum absolute atomic E-state index is 0.418. The summed E-state index contributed by atoms with van der Waals surface area (Å²) in [6.45, 7) is 8.82. The Bertz CT molecular complexity index is 208. The molecule has 1 saturated carbocycles. The van der Waals surface area contributed by atoms with E-state index in [0.29, 0.717) is 12.1 Å². The van der Waals surface area contributed by atoms with Crippen molar-refractivity contribution in [2.75, 3.05) is 47.1 Å². The maximum atomic E-state index is 5.68. The molecule has 0 saturated heterocycles. The van der Waals surface area contributed by atoms with Crippen molar-refractivity contribution in [3.8, 4) is 0 Å². The molecular weight excluding hydrogens is 228 g/mol. The highest BCUT2D eigenvalue weighted by Gasteiger charge is 2.21. The van der Waals surface area contributed by atoms with E-state index >= 15 is 0 Å². The van der Waals surface area contributed by atoms with Gasteiger partial charge in [0.1, 0.15) is 0 Å². The van der Waals surface area contributed by atoms with E-state index in [1.54, 1.807) is 7.11 Å². The Morgan fingerprint density at radius 3 is 2.61 bits per heavy atom. The maximum absolute atomic E-state index is 5.68. The van der Waals surface area contributed by atoms with Crippen molar-refractivity contribution < 1.29 is 9.47 Å². The van der Waals surface area contributed by atoms with Crippen molar-refractivity contribution in [3.63, 3.8) is 0 Å². The van der Waals surface area contributed by atoms with Crippen molar-refractivity contribution >= 4 is 0 Å². The van der Waals surface area contributed by atoms with Crippen molar-refractivity contribution in [2.24, 2.45) is 5.92 Å². The molecule has 0 radical (unpaired) electrons. The fraction of sp³-hybridized carbons (Fsp3) is 1.00. The van der Waals surface area contributed by atoms with E-state index in [2.05, 4.69) is 31.1 Å². The van der Waals surface area contributed by atoms with Crippen LogP contribution in [0.3, 0.4) is 0 Å². The lowest BCUT2D eigenvalue weighted by molar-refractivity contribution is 0.0638. The first-order chi connectivity index (χ1) is 8.63. The molecule has 0 bridgehead atoms. The number of ether oxygens (including phenoxy) is 2. The van der Waals surface area contributed by atoms with Crippen LogP contribution in [0.5, 0.6) is 0 Å². The van der Waals surface area contributed by atoms with Gasteiger partial charge >= 0.3 is 0 Å². The van der Waals surface area contributed by atoms with Gasteiger partial charge in [-0.1, -0.05) is 13.8 Å². The minimum Gasteiger partial charge on any atom is -0.383 e. The number of hydrogen-bond acceptors (Lipinski definition) is 4. The number of hydrogen-bond donors (Lipinski definition) is 1. The van der Waals surface area contributed by atoms with Gasteiger partial charge in [-0.15, -0.1) is 0 Å². The monoisotopic (exact) mass is 258 g/mol. The molecule has 1 fully saturated rings. The molecule has 0 amide bonds. The molecule has 0 aromatic carbocycles. The molecule has 0 aromatic heterocycles. The van der Waals surface area contributed by atoms with Gasteiger partial charge in [0.2, 0.25) is 0 Å². The first-order valence-corrected chi connectivity index (χ1v) is 7.13. The summed E-state index contributed by atoms with van der Waals surface area (Å²) in [4.78, 5) is 2.33. The number of likely N-dealkylation sites (N-methyl/N-ethyl adjacent to an activating group) is 1. The van der Waals surface area contributed by atoms with Gasteiger partial charge in [0.15, 0.2) is 0 Å². The van der Waals surface area contributed by atoms with Crippen LogP contribution in [0.1, 0.15) is 26.7 Å². The Balaban J connectivity index is 2.12. The molecule has 1 aliphatic rings. The highest BCUT2D eigenvalue weighted by atomic mass is 16.5. The van der Waals surface area contributed by atoms with E-state index in [9.17, 15) is 0 Å². The molecule has 1 aliphatic carbocycles. The van der Waals surface area contributed by atoms with Crippen molar-refractivity contribution in [1.29, 1.82) is 0 Å². The Labute approximate surface area is 112 Å². The summed E-state index contributed by atoms with van der Waals surface area (Å²) in [5, 5.41) is 3.47. The minimum atomic E-state index is 0.418. The summed E-state index contributed by atoms with van der Waals surface area (Å²) in [5.74, 6) is 0.854. The van der Waals surface area contributed by atoms with Gasteiger partial charge in [-0.3, -0.25) is 4.90 Å². The van der Waals surface area contributed by atoms with Crippen molar-refractivity contribution in [2.45, 2.75) is 38.8 Å². The summed E-state index contributed by atoms with van der Waals surface area (Å²) in [7, 11) is 3.91. The molecule has 4 heteroatoms. The average Bonchev–Trinajstić information content (AvgIpc) is 3.13. The molecule has 0 spiro atoms. The van der Waals surface area contributed by atoms with Crippen LogP contribution in [0.2, 0.25) is 0 Å². The van der Waals surface area contributed by atoms with Gasteiger partial charge in [-0.25, -0.2) is 0 Å². The van der Waals surface area contributed by atoms with Gasteiger partial charge in [-0.05, 0) is 25.8 Å². The highest BCUT2D eigenvalue weighted by molar-refractivity contribution is 4.74. The highest BCUT2D eigenvalue weighted by Crippen LogP contribution is 2.28. The molecule has 4 nitrogen and oxygen atoms in total. The van der Waals surface area contributed by atoms with Gasteiger partial charge in [0.25, 0.3) is 0 Å². The zero-order chi connectivity index (χ0) is 13.4. The fourth-order valence-corrected chi connectivity index (χ4v) is 1.83. The Hall–Kier alpha value is -0.160. The first kappa shape index (κ1) is 15.9. The SMILES string of the molecule is COCC(CNC(C)C)N(C)CCOCC1CC1. The van der Waals surface area contributed by atoms with Crippen LogP contribution in [0.25, 0.3) is 0 Å². The molecule has 1 unspecified atom stereocenters. The summed E-state index contributed by atoms with van der Waals surface area (Å²) in [6, 6.07) is 0.936. The Morgan fingerprint density at radius 1 is 1.33 bits per heavy atom. The molecule has 0 heterocycles. The third-order valence-corrected chi connectivity index (χ3v) is 3.38. The van der Waals surface area contributed by atoms with E-state index in [-0.39, 0.29) is 0 Å². The van der Waals surface area contributed by atoms with Crippen LogP contribution in [-0.4, -0.2) is 64.1 Å². The van der Waals surface area contributed by atoms with Crippen molar-refractivity contribution in [3.05, 3.63) is 0 Å². The summed E-state index contributed by atoms with van der Waals surface area (Å²) < 4.78 is 11.0. The summed E-state index contributed by atoms with van der Waals surface area (Å²) >= 11 is 0. The first-order valence-electron chi connectivity index (χ1n) is 7.13. The second-order valence-corrected chi connectivity index (χ2v) is 5.67. The van der Waals surface area contributed by atoms with Gasteiger partial charge in [0, 0.05) is 38.9 Å². The molecule has 0 aromatic rings. The standard InChI is InChI=1S/C14H30N2O2/c1-12(2)15-9-14(11-17-4)16(3)7-8-18-10-13-5-6-13/h12-15H,5-11H2,1-4H3. The van der Waals surface area contributed by atoms with Crippen LogP contribution in [-0.2, 0) is 9.47 Å². The maximum Gasteiger partial charge on any atom is 0.0630 e. The topological polar surface area (TPSA) is 33.7 Å². The van der Waals surface area contributed by atoms with Gasteiger partial charge in [0.05, 0.1) is 13.2 Å². The van der Waals surface area contributed by atoms with E-state index in [4.69, 9.17) is 9.47 Å². The van der Waals surface area contributed by atoms with E-state index in [1.807, 2.05) is 0 Å². The zero-order valence-corrected chi connectivity index (χ0v) is 12.4. The van der Waals surface area contributed by atoms with E-state index in [0.717, 1.165) is 38.8 Å². The smallest absolute Gasteiger partial charge is 0.0630 e. The second kappa shape index (κ2) is 8.86. The summed E-state index contributed by atoms with van der Waals surface area (Å²) in [5.41, 5.74) is 0. The van der Waals surface area contributed by atoms with E-state index < -0.39 is 0 Å². The number of nitrogens with one attached hydrogen (secondary N) is 1. The number of nitrogens with zero attached hydrogens (tertiary/aromatic N) is 1. The van der Waals surface area contributed by atoms with E-state index in [1.165, 1.54) is 12.8 Å². The molecule has 0 aliphatic heterocycles. The third kappa shape index (κ3) is 7.31. The lowest BCUT2D eigenvalue weighted by Crippen LogP contribution is -2.45. The van der Waals surface area contributed by atoms with Gasteiger partial charge in [-0.2, -0.15) is 0 Å². The number of methoxy groups -OCH3 is 1. The predicted octanol–water partition coefficient (Wildman–Crippen LogP) is 1.36. The quantitative estimate of drug-likeness (QED) is 0.567. The molecule has 18 heavy (non-hydrogen) atoms. The summed E-state index contributed by atoms with van der Waals surface area (Å²) in [6.07, 6.45) is 2.72. The van der Waals surface area contributed by atoms with Crippen molar-refractivity contribution in [1.82, 2.24) is 10.2 Å². The van der Waals surface area contributed by atoms with Crippen LogP contribution >= 0.6 is 0 Å². The van der Waals surface area contributed by atoms with Gasteiger partial charge < -0.3 is 14.8 Å². The second-order valence-electron chi connectivity index (χ2n) is 5.67. The number of rotatable bonds is 11. The normalized spacial score (nSPS) is 17.7. The zero-order valence-electron chi connectivity index (χ0n) is 12.4. The predicted molar refractivity (Wildman–Crippen MR) is 75.0 cm³/mol. The lowest BCUT2D eigenvalue weighted by Gasteiger charge is -2.28. The largest absolute Gasteiger partial charge is 0.383 e. The molecular formula is C14H30N2O2. The van der Waals surface area contributed by atoms with Crippen LogP contribution in [0.4, 0.5) is 0 Å². The fourth-order valence-electron chi connectivity index (χ4n) is 1.83. The molecule has 1 N–H and O–H groups in total. The molecule has 1 rings (SSSR count). The third-order valence-electron chi connectivity index (χ3n) is 3.38. The molecule has 1 atom stereocenters. The van der Waals surface area contributed by atoms with Crippen LogP contribution in [0.15, 0.2) is 0 Å². The van der Waals surface area contributed by atoms with Crippen LogP contribution in [0, 0.1) is 5.92 Å². The Kier molecular flexibility index (Phi) is 7.82. The average molecular weight is 258 g/mol.